The molecule has 170 valence electrons. The van der Waals surface area contributed by atoms with Crippen LogP contribution >= 0.6 is 23.1 Å². The van der Waals surface area contributed by atoms with Crippen LogP contribution in [0.25, 0.3) is 11.4 Å². The molecular weight excluding hydrogens is 446 g/mol. The normalized spacial score (nSPS) is 15.4. The molecule has 1 amide bonds. The standard InChI is InChI=1S/C22H27N5O3S2/c1-29-17-6-4-16(5-7-17)21-24-22(26-25-21)32-19(18-3-2-14-31-18)15-20(28)23-8-9-27-10-12-30-13-11-27/h2-7,14,19H,8-13,15H2,1H3,(H,23,28)(H,24,25,26)/t19-/m0/s1. The maximum Gasteiger partial charge on any atom is 0.221 e. The molecule has 32 heavy (non-hydrogen) atoms. The Morgan fingerprint density at radius 1 is 1.31 bits per heavy atom. The fourth-order valence-electron chi connectivity index (χ4n) is 3.40. The summed E-state index contributed by atoms with van der Waals surface area (Å²) in [6.07, 6.45) is 0.376. The quantitative estimate of drug-likeness (QED) is 0.437. The van der Waals surface area contributed by atoms with E-state index in [1.165, 1.54) is 11.8 Å². The van der Waals surface area contributed by atoms with Crippen LogP contribution in [0, 0.1) is 0 Å². The van der Waals surface area contributed by atoms with Crippen molar-refractivity contribution in [2.45, 2.75) is 16.8 Å². The van der Waals surface area contributed by atoms with Crippen molar-refractivity contribution in [1.82, 2.24) is 25.4 Å². The van der Waals surface area contributed by atoms with Gasteiger partial charge < -0.3 is 14.8 Å². The SMILES string of the molecule is COc1ccc(-c2nc(S[C@@H](CC(=O)NCCN3CCOCC3)c3cccs3)n[nH]2)cc1. The summed E-state index contributed by atoms with van der Waals surface area (Å²) in [6, 6.07) is 11.7. The zero-order valence-corrected chi connectivity index (χ0v) is 19.6. The zero-order chi connectivity index (χ0) is 22.2. The van der Waals surface area contributed by atoms with Crippen molar-refractivity contribution in [2.75, 3.05) is 46.5 Å². The summed E-state index contributed by atoms with van der Waals surface area (Å²) in [5.41, 5.74) is 0.929. The lowest BCUT2D eigenvalue weighted by Gasteiger charge is -2.26. The number of nitrogens with one attached hydrogen (secondary N) is 2. The van der Waals surface area contributed by atoms with Crippen molar-refractivity contribution in [3.63, 3.8) is 0 Å². The third-order valence-electron chi connectivity index (χ3n) is 5.16. The van der Waals surface area contributed by atoms with Gasteiger partial charge in [0.05, 0.1) is 25.6 Å². The minimum absolute atomic E-state index is 0.0371. The Morgan fingerprint density at radius 2 is 2.12 bits per heavy atom. The van der Waals surface area contributed by atoms with Gasteiger partial charge in [-0.1, -0.05) is 17.8 Å². The van der Waals surface area contributed by atoms with E-state index in [1.54, 1.807) is 18.4 Å². The molecule has 1 aromatic carbocycles. The first-order chi connectivity index (χ1) is 15.7. The number of carbonyl (C=O) groups is 1. The Kier molecular flexibility index (Phi) is 8.16. The Morgan fingerprint density at radius 3 is 2.84 bits per heavy atom. The number of amides is 1. The van der Waals surface area contributed by atoms with Gasteiger partial charge in [0.1, 0.15) is 5.75 Å². The van der Waals surface area contributed by atoms with Crippen LogP contribution in [0.5, 0.6) is 5.75 Å². The Bertz CT molecular complexity index is 972. The molecule has 4 rings (SSSR count). The number of hydrogen-bond acceptors (Lipinski definition) is 8. The van der Waals surface area contributed by atoms with Gasteiger partial charge in [-0.05, 0) is 35.7 Å². The molecule has 0 radical (unpaired) electrons. The summed E-state index contributed by atoms with van der Waals surface area (Å²) < 4.78 is 10.6. The lowest BCUT2D eigenvalue weighted by Crippen LogP contribution is -2.41. The van der Waals surface area contributed by atoms with Crippen molar-refractivity contribution in [3.8, 4) is 17.1 Å². The number of carbonyl (C=O) groups excluding carboxylic acids is 1. The summed E-state index contributed by atoms with van der Waals surface area (Å²) in [5, 5.41) is 13.0. The van der Waals surface area contributed by atoms with E-state index in [0.717, 1.165) is 49.0 Å². The summed E-state index contributed by atoms with van der Waals surface area (Å²) in [4.78, 5) is 20.7. The maximum atomic E-state index is 12.6. The summed E-state index contributed by atoms with van der Waals surface area (Å²) in [5.74, 6) is 1.52. The molecule has 1 aliphatic heterocycles. The Hall–Kier alpha value is -2.40. The number of benzene rings is 1. The summed E-state index contributed by atoms with van der Waals surface area (Å²) in [6.45, 7) is 4.86. The van der Waals surface area contributed by atoms with Gasteiger partial charge in [0, 0.05) is 43.0 Å². The number of thiophene rings is 1. The number of methoxy groups -OCH3 is 1. The fraction of sp³-hybridized carbons (Fsp3) is 0.409. The molecule has 3 aromatic rings. The van der Waals surface area contributed by atoms with Gasteiger partial charge in [-0.25, -0.2) is 4.98 Å². The second-order valence-electron chi connectivity index (χ2n) is 7.33. The molecule has 1 aliphatic rings. The second-order valence-corrected chi connectivity index (χ2v) is 9.47. The zero-order valence-electron chi connectivity index (χ0n) is 18.0. The van der Waals surface area contributed by atoms with E-state index in [1.807, 2.05) is 35.7 Å². The molecule has 0 bridgehead atoms. The molecule has 1 saturated heterocycles. The average Bonchev–Trinajstić information content (AvgIpc) is 3.52. The first-order valence-corrected chi connectivity index (χ1v) is 12.3. The molecule has 0 aliphatic carbocycles. The number of aromatic nitrogens is 3. The second kappa shape index (κ2) is 11.5. The van der Waals surface area contributed by atoms with Crippen LogP contribution in [0.4, 0.5) is 0 Å². The lowest BCUT2D eigenvalue weighted by atomic mass is 10.2. The number of rotatable bonds is 10. The van der Waals surface area contributed by atoms with Crippen molar-refractivity contribution < 1.29 is 14.3 Å². The average molecular weight is 474 g/mol. The fourth-order valence-corrected chi connectivity index (χ4v) is 5.34. The van der Waals surface area contributed by atoms with Crippen LogP contribution in [-0.4, -0.2) is 72.5 Å². The van der Waals surface area contributed by atoms with Crippen molar-refractivity contribution in [1.29, 1.82) is 0 Å². The van der Waals surface area contributed by atoms with Gasteiger partial charge in [-0.2, -0.15) is 0 Å². The molecule has 8 nitrogen and oxygen atoms in total. The van der Waals surface area contributed by atoms with E-state index in [2.05, 4.69) is 31.5 Å². The minimum Gasteiger partial charge on any atom is -0.497 e. The highest BCUT2D eigenvalue weighted by Crippen LogP contribution is 2.38. The van der Waals surface area contributed by atoms with Gasteiger partial charge in [-0.15, -0.1) is 16.4 Å². The van der Waals surface area contributed by atoms with Crippen LogP contribution in [0.15, 0.2) is 46.9 Å². The predicted molar refractivity (Wildman–Crippen MR) is 126 cm³/mol. The molecule has 2 N–H and O–H groups in total. The largest absolute Gasteiger partial charge is 0.497 e. The third kappa shape index (κ3) is 6.32. The van der Waals surface area contributed by atoms with E-state index in [0.29, 0.717) is 23.9 Å². The first kappa shape index (κ1) is 22.8. The highest BCUT2D eigenvalue weighted by atomic mass is 32.2. The molecule has 10 heteroatoms. The molecular formula is C22H27N5O3S2. The summed E-state index contributed by atoms with van der Waals surface area (Å²) in [7, 11) is 1.64. The van der Waals surface area contributed by atoms with E-state index in [4.69, 9.17) is 9.47 Å². The Balaban J connectivity index is 1.35. The molecule has 0 spiro atoms. The molecule has 0 saturated carbocycles. The lowest BCUT2D eigenvalue weighted by molar-refractivity contribution is -0.121. The maximum absolute atomic E-state index is 12.6. The van der Waals surface area contributed by atoms with E-state index in [9.17, 15) is 4.79 Å². The van der Waals surface area contributed by atoms with Crippen LogP contribution in [0.3, 0.4) is 0 Å². The first-order valence-electron chi connectivity index (χ1n) is 10.5. The molecule has 1 fully saturated rings. The van der Waals surface area contributed by atoms with Crippen molar-refractivity contribution in [2.24, 2.45) is 0 Å². The van der Waals surface area contributed by atoms with Crippen molar-refractivity contribution >= 4 is 29.0 Å². The topological polar surface area (TPSA) is 92.4 Å². The van der Waals surface area contributed by atoms with Crippen LogP contribution in [-0.2, 0) is 9.53 Å². The third-order valence-corrected chi connectivity index (χ3v) is 7.39. The molecule has 3 heterocycles. The predicted octanol–water partition coefficient (Wildman–Crippen LogP) is 3.21. The van der Waals surface area contributed by atoms with Crippen LogP contribution in [0.2, 0.25) is 0 Å². The van der Waals surface area contributed by atoms with E-state index >= 15 is 0 Å². The number of nitrogens with zero attached hydrogens (tertiary/aromatic N) is 3. The summed E-state index contributed by atoms with van der Waals surface area (Å²) >= 11 is 3.15. The number of hydrogen-bond donors (Lipinski definition) is 2. The van der Waals surface area contributed by atoms with Crippen LogP contribution in [0.1, 0.15) is 16.5 Å². The molecule has 1 atom stereocenters. The number of morpholine rings is 1. The number of ether oxygens (including phenoxy) is 2. The van der Waals surface area contributed by atoms with Gasteiger partial charge >= 0.3 is 0 Å². The highest BCUT2D eigenvalue weighted by molar-refractivity contribution is 7.99. The molecule has 0 unspecified atom stereocenters. The van der Waals surface area contributed by atoms with Gasteiger partial charge in [-0.3, -0.25) is 14.8 Å². The van der Waals surface area contributed by atoms with Crippen LogP contribution < -0.4 is 10.1 Å². The van der Waals surface area contributed by atoms with Gasteiger partial charge in [0.25, 0.3) is 0 Å². The van der Waals surface area contributed by atoms with E-state index in [-0.39, 0.29) is 11.2 Å². The van der Waals surface area contributed by atoms with Gasteiger partial charge in [0.15, 0.2) is 5.82 Å². The minimum atomic E-state index is -0.0436. The molecule has 2 aromatic heterocycles. The smallest absolute Gasteiger partial charge is 0.221 e. The number of H-pyrrole nitrogens is 1. The number of aromatic amines is 1. The van der Waals surface area contributed by atoms with E-state index < -0.39 is 0 Å². The van der Waals surface area contributed by atoms with Crippen molar-refractivity contribution in [3.05, 3.63) is 46.7 Å². The Labute approximate surface area is 195 Å². The number of thioether (sulfide) groups is 1. The monoisotopic (exact) mass is 473 g/mol. The highest BCUT2D eigenvalue weighted by Gasteiger charge is 2.21. The van der Waals surface area contributed by atoms with Gasteiger partial charge in [0.2, 0.25) is 11.1 Å².